The number of unbranched alkanes of at least 4 members (excludes halogenated alkanes) is 19. The molecule has 0 aliphatic heterocycles. The van der Waals surface area contributed by atoms with Crippen molar-refractivity contribution in [3.05, 3.63) is 60.8 Å². The first-order valence-electron chi connectivity index (χ1n) is 22.8. The number of phosphoric ester groups is 1. The standard InChI is InChI=1S/C47H84NO8P/c1-3-5-7-9-11-13-15-17-19-20-21-22-23-24-26-27-29-31-33-35-37-39-46(49)53-43-45(44-55-57(51,52)54-42-41-48)56-47(50)40-38-36-34-32-30-28-25-18-16-14-12-10-8-6-4-2/h19-20,22-23,26-27,30-33,45H,3-18,21,24-25,28-29,34-44,48H2,1-2H3,(H,51,52)/b20-19+,23-22+,27-26+,32-30+,33-31+/t45-/m0/s1. The number of hydrogen-bond acceptors (Lipinski definition) is 8. The summed E-state index contributed by atoms with van der Waals surface area (Å²) in [6.07, 6.45) is 51.2. The van der Waals surface area contributed by atoms with Gasteiger partial charge in [-0.15, -0.1) is 0 Å². The summed E-state index contributed by atoms with van der Waals surface area (Å²) in [5, 5.41) is 0. The van der Waals surface area contributed by atoms with Crippen molar-refractivity contribution in [2.75, 3.05) is 26.4 Å². The zero-order chi connectivity index (χ0) is 41.8. The summed E-state index contributed by atoms with van der Waals surface area (Å²) in [4.78, 5) is 34.9. The zero-order valence-corrected chi connectivity index (χ0v) is 37.2. The first-order valence-corrected chi connectivity index (χ1v) is 24.3. The maximum Gasteiger partial charge on any atom is 0.472 e. The SMILES string of the molecule is CCCCCCCCC/C=C/C/C=C/C/C=C/C/C=C/CCCC(=O)OC[C@@H](COP(=O)(O)OCCN)OC(=O)CCCC/C=C/CCCCCCCCCCC. The monoisotopic (exact) mass is 822 g/mol. The third-order valence-corrected chi connectivity index (χ3v) is 10.4. The van der Waals surface area contributed by atoms with Crippen LogP contribution in [0.2, 0.25) is 0 Å². The van der Waals surface area contributed by atoms with Crippen LogP contribution < -0.4 is 5.73 Å². The lowest BCUT2D eigenvalue weighted by Crippen LogP contribution is -2.29. The summed E-state index contributed by atoms with van der Waals surface area (Å²) in [7, 11) is -4.40. The molecular formula is C47H84NO8P. The van der Waals surface area contributed by atoms with E-state index in [1.54, 1.807) is 0 Å². The molecule has 0 spiro atoms. The van der Waals surface area contributed by atoms with Crippen LogP contribution in [0.1, 0.15) is 194 Å². The van der Waals surface area contributed by atoms with Gasteiger partial charge in [0.1, 0.15) is 6.61 Å². The molecule has 1 unspecified atom stereocenters. The van der Waals surface area contributed by atoms with Gasteiger partial charge < -0.3 is 20.1 Å². The van der Waals surface area contributed by atoms with Crippen molar-refractivity contribution in [1.29, 1.82) is 0 Å². The number of rotatable bonds is 42. The number of nitrogens with two attached hydrogens (primary N) is 1. The first kappa shape index (κ1) is 54.7. The molecule has 0 aromatic heterocycles. The van der Waals surface area contributed by atoms with Gasteiger partial charge in [-0.1, -0.05) is 164 Å². The highest BCUT2D eigenvalue weighted by Crippen LogP contribution is 2.43. The van der Waals surface area contributed by atoms with Gasteiger partial charge in [0.05, 0.1) is 13.2 Å². The average molecular weight is 822 g/mol. The lowest BCUT2D eigenvalue weighted by Gasteiger charge is -2.19. The summed E-state index contributed by atoms with van der Waals surface area (Å²) in [6.45, 7) is 3.64. The molecule has 57 heavy (non-hydrogen) atoms. The first-order chi connectivity index (χ1) is 27.8. The molecule has 0 rings (SSSR count). The Labute approximate surface area is 349 Å². The van der Waals surface area contributed by atoms with Crippen LogP contribution in [0.25, 0.3) is 0 Å². The number of esters is 2. The van der Waals surface area contributed by atoms with Gasteiger partial charge in [0, 0.05) is 19.4 Å². The fourth-order valence-electron chi connectivity index (χ4n) is 5.97. The predicted octanol–water partition coefficient (Wildman–Crippen LogP) is 13.3. The van der Waals surface area contributed by atoms with E-state index in [1.807, 2.05) is 0 Å². The summed E-state index contributed by atoms with van der Waals surface area (Å²) >= 11 is 0. The zero-order valence-electron chi connectivity index (χ0n) is 36.3. The Bertz CT molecular complexity index is 1120. The predicted molar refractivity (Wildman–Crippen MR) is 238 cm³/mol. The average Bonchev–Trinajstić information content (AvgIpc) is 3.20. The van der Waals surface area contributed by atoms with Gasteiger partial charge in [0.2, 0.25) is 0 Å². The van der Waals surface area contributed by atoms with Gasteiger partial charge in [-0.05, 0) is 77.0 Å². The second-order valence-corrected chi connectivity index (χ2v) is 16.4. The Morgan fingerprint density at radius 2 is 0.930 bits per heavy atom. The normalized spacial score (nSPS) is 13.8. The van der Waals surface area contributed by atoms with Crippen molar-refractivity contribution in [2.45, 2.75) is 200 Å². The Morgan fingerprint density at radius 1 is 0.526 bits per heavy atom. The Kier molecular flexibility index (Phi) is 41.6. The van der Waals surface area contributed by atoms with Crippen LogP contribution in [0, 0.1) is 0 Å². The molecule has 0 aliphatic carbocycles. The van der Waals surface area contributed by atoms with Crippen molar-refractivity contribution in [3.63, 3.8) is 0 Å². The number of hydrogen-bond donors (Lipinski definition) is 2. The molecule has 10 heteroatoms. The molecule has 2 atom stereocenters. The van der Waals surface area contributed by atoms with Crippen molar-refractivity contribution in [1.82, 2.24) is 0 Å². The van der Waals surface area contributed by atoms with Crippen molar-refractivity contribution >= 4 is 19.8 Å². The van der Waals surface area contributed by atoms with Gasteiger partial charge >= 0.3 is 19.8 Å². The van der Waals surface area contributed by atoms with Crippen LogP contribution in [0.15, 0.2) is 60.8 Å². The van der Waals surface area contributed by atoms with Crippen LogP contribution >= 0.6 is 7.82 Å². The topological polar surface area (TPSA) is 134 Å². The van der Waals surface area contributed by atoms with Gasteiger partial charge in [-0.3, -0.25) is 18.6 Å². The quantitative estimate of drug-likeness (QED) is 0.0267. The third kappa shape index (κ3) is 43.1. The number of ether oxygens (including phenoxy) is 2. The maximum atomic E-state index is 12.6. The molecule has 0 fully saturated rings. The molecule has 0 aromatic carbocycles. The molecule has 0 bridgehead atoms. The maximum absolute atomic E-state index is 12.6. The fraction of sp³-hybridized carbons (Fsp3) is 0.745. The van der Waals surface area contributed by atoms with E-state index in [4.69, 9.17) is 24.3 Å². The molecule has 0 aromatic rings. The molecule has 0 amide bonds. The summed E-state index contributed by atoms with van der Waals surface area (Å²) in [5.74, 6) is -0.921. The highest BCUT2D eigenvalue weighted by molar-refractivity contribution is 7.47. The highest BCUT2D eigenvalue weighted by Gasteiger charge is 2.25. The van der Waals surface area contributed by atoms with E-state index in [2.05, 4.69) is 74.6 Å². The van der Waals surface area contributed by atoms with E-state index < -0.39 is 32.5 Å². The Balaban J connectivity index is 4.25. The lowest BCUT2D eigenvalue weighted by atomic mass is 10.1. The highest BCUT2D eigenvalue weighted by atomic mass is 31.2. The summed E-state index contributed by atoms with van der Waals surface area (Å²) in [6, 6.07) is 0. The molecule has 0 aliphatic rings. The van der Waals surface area contributed by atoms with E-state index in [0.717, 1.165) is 44.9 Å². The molecule has 0 radical (unpaired) electrons. The fourth-order valence-corrected chi connectivity index (χ4v) is 6.74. The smallest absolute Gasteiger partial charge is 0.462 e. The molecule has 9 nitrogen and oxygen atoms in total. The van der Waals surface area contributed by atoms with Crippen LogP contribution in [-0.2, 0) is 32.7 Å². The van der Waals surface area contributed by atoms with Crippen LogP contribution in [0.3, 0.4) is 0 Å². The second-order valence-electron chi connectivity index (χ2n) is 14.9. The van der Waals surface area contributed by atoms with Crippen LogP contribution in [0.4, 0.5) is 0 Å². The number of phosphoric acid groups is 1. The van der Waals surface area contributed by atoms with E-state index in [-0.39, 0.29) is 32.6 Å². The Hall–Kier alpha value is -2.29. The van der Waals surface area contributed by atoms with E-state index >= 15 is 0 Å². The molecular weight excluding hydrogens is 737 g/mol. The van der Waals surface area contributed by atoms with Crippen LogP contribution in [-0.4, -0.2) is 49.3 Å². The van der Waals surface area contributed by atoms with Gasteiger partial charge in [0.25, 0.3) is 0 Å². The minimum atomic E-state index is -4.40. The number of carbonyl (C=O) groups excluding carboxylic acids is 2. The molecule has 0 heterocycles. The van der Waals surface area contributed by atoms with Gasteiger partial charge in [0.15, 0.2) is 6.10 Å². The molecule has 330 valence electrons. The number of carbonyl (C=O) groups is 2. The minimum Gasteiger partial charge on any atom is -0.462 e. The molecule has 0 saturated heterocycles. The summed E-state index contributed by atoms with van der Waals surface area (Å²) in [5.41, 5.74) is 5.34. The molecule has 3 N–H and O–H groups in total. The number of allylic oxidation sites excluding steroid dienone is 10. The van der Waals surface area contributed by atoms with E-state index in [9.17, 15) is 19.0 Å². The van der Waals surface area contributed by atoms with Crippen molar-refractivity contribution < 1.29 is 37.6 Å². The minimum absolute atomic E-state index is 0.0412. The lowest BCUT2D eigenvalue weighted by molar-refractivity contribution is -0.161. The van der Waals surface area contributed by atoms with Crippen molar-refractivity contribution in [2.24, 2.45) is 5.73 Å². The van der Waals surface area contributed by atoms with Gasteiger partial charge in [-0.25, -0.2) is 4.57 Å². The Morgan fingerprint density at radius 3 is 1.42 bits per heavy atom. The second kappa shape index (κ2) is 43.3. The molecule has 0 saturated carbocycles. The van der Waals surface area contributed by atoms with E-state index in [0.29, 0.717) is 12.8 Å². The van der Waals surface area contributed by atoms with E-state index in [1.165, 1.54) is 109 Å². The largest absolute Gasteiger partial charge is 0.472 e. The van der Waals surface area contributed by atoms with Gasteiger partial charge in [-0.2, -0.15) is 0 Å². The third-order valence-electron chi connectivity index (χ3n) is 9.38. The van der Waals surface area contributed by atoms with Crippen LogP contribution in [0.5, 0.6) is 0 Å². The summed E-state index contributed by atoms with van der Waals surface area (Å²) < 4.78 is 32.7. The van der Waals surface area contributed by atoms with Crippen molar-refractivity contribution in [3.8, 4) is 0 Å².